The van der Waals surface area contributed by atoms with Gasteiger partial charge in [0.15, 0.2) is 0 Å². The smallest absolute Gasteiger partial charge is 0.270 e. The van der Waals surface area contributed by atoms with E-state index in [4.69, 9.17) is 22.1 Å². The van der Waals surface area contributed by atoms with Gasteiger partial charge in [-0.3, -0.25) is 9.36 Å². The number of ether oxygens (including phenoxy) is 1. The van der Waals surface area contributed by atoms with Crippen molar-refractivity contribution in [2.24, 2.45) is 12.5 Å². The van der Waals surface area contributed by atoms with E-state index < -0.39 is 0 Å². The third kappa shape index (κ3) is 3.51. The summed E-state index contributed by atoms with van der Waals surface area (Å²) in [5.41, 5.74) is 7.34. The maximum absolute atomic E-state index is 13.0. The van der Waals surface area contributed by atoms with Crippen LogP contribution in [0.2, 0.25) is 5.02 Å². The number of nitrogen functional groups attached to an aromatic ring is 1. The second-order valence-corrected chi connectivity index (χ2v) is 9.20. The SMILES string of the molecule is Cc1cccc(Sc2c(N)nc(N3CCC4(CCOC4)CC3)n(C)c2=O)c1Cl. The summed E-state index contributed by atoms with van der Waals surface area (Å²) in [6, 6.07) is 5.75. The van der Waals surface area contributed by atoms with Crippen LogP contribution in [0.25, 0.3) is 0 Å². The van der Waals surface area contributed by atoms with Crippen LogP contribution in [0.4, 0.5) is 11.8 Å². The second kappa shape index (κ2) is 7.61. The summed E-state index contributed by atoms with van der Waals surface area (Å²) in [6.45, 7) is 5.37. The number of aromatic nitrogens is 2. The molecular formula is C20H25ClN4O2S. The van der Waals surface area contributed by atoms with Crippen LogP contribution in [0.5, 0.6) is 0 Å². The van der Waals surface area contributed by atoms with Crippen molar-refractivity contribution in [1.29, 1.82) is 0 Å². The minimum atomic E-state index is -0.144. The molecule has 1 aromatic heterocycles. The monoisotopic (exact) mass is 420 g/mol. The van der Waals surface area contributed by atoms with Crippen LogP contribution in [0.1, 0.15) is 24.8 Å². The lowest BCUT2D eigenvalue weighted by molar-refractivity contribution is 0.133. The number of rotatable bonds is 3. The molecule has 1 spiro atoms. The van der Waals surface area contributed by atoms with Gasteiger partial charge in [0.1, 0.15) is 10.7 Å². The molecule has 0 radical (unpaired) electrons. The molecular weight excluding hydrogens is 396 g/mol. The largest absolute Gasteiger partial charge is 0.382 e. The Morgan fingerprint density at radius 2 is 2.04 bits per heavy atom. The predicted molar refractivity (Wildman–Crippen MR) is 114 cm³/mol. The quantitative estimate of drug-likeness (QED) is 0.819. The summed E-state index contributed by atoms with van der Waals surface area (Å²) in [6.07, 6.45) is 3.23. The minimum absolute atomic E-state index is 0.144. The number of benzene rings is 1. The first-order valence-corrected chi connectivity index (χ1v) is 10.7. The van der Waals surface area contributed by atoms with Gasteiger partial charge in [-0.05, 0) is 43.2 Å². The third-order valence-corrected chi connectivity index (χ3v) is 7.67. The van der Waals surface area contributed by atoms with Gasteiger partial charge in [-0.15, -0.1) is 0 Å². The molecule has 0 unspecified atom stereocenters. The van der Waals surface area contributed by atoms with Gasteiger partial charge in [-0.2, -0.15) is 4.98 Å². The van der Waals surface area contributed by atoms with Crippen molar-refractivity contribution in [3.8, 4) is 0 Å². The summed E-state index contributed by atoms with van der Waals surface area (Å²) >= 11 is 7.67. The molecule has 3 heterocycles. The second-order valence-electron chi connectivity index (χ2n) is 7.77. The van der Waals surface area contributed by atoms with Crippen LogP contribution in [0.3, 0.4) is 0 Å². The zero-order chi connectivity index (χ0) is 19.9. The summed E-state index contributed by atoms with van der Waals surface area (Å²) in [5.74, 6) is 0.890. The first-order valence-electron chi connectivity index (χ1n) is 9.52. The molecule has 2 aliphatic heterocycles. The van der Waals surface area contributed by atoms with Crippen LogP contribution in [-0.4, -0.2) is 35.9 Å². The fourth-order valence-corrected chi connectivity index (χ4v) is 5.23. The highest BCUT2D eigenvalue weighted by Gasteiger charge is 2.38. The summed E-state index contributed by atoms with van der Waals surface area (Å²) in [7, 11) is 1.76. The Labute approximate surface area is 174 Å². The minimum Gasteiger partial charge on any atom is -0.382 e. The van der Waals surface area contributed by atoms with Gasteiger partial charge in [0, 0.05) is 31.6 Å². The normalized spacial score (nSPS) is 18.8. The van der Waals surface area contributed by atoms with Crippen molar-refractivity contribution in [2.75, 3.05) is 36.9 Å². The first kappa shape index (κ1) is 19.6. The zero-order valence-electron chi connectivity index (χ0n) is 16.2. The van der Waals surface area contributed by atoms with E-state index in [1.807, 2.05) is 25.1 Å². The lowest BCUT2D eigenvalue weighted by Crippen LogP contribution is -2.43. The van der Waals surface area contributed by atoms with Crippen LogP contribution >= 0.6 is 23.4 Å². The Kier molecular flexibility index (Phi) is 5.33. The number of hydrogen-bond donors (Lipinski definition) is 1. The van der Waals surface area contributed by atoms with Crippen LogP contribution < -0.4 is 16.2 Å². The number of anilines is 2. The zero-order valence-corrected chi connectivity index (χ0v) is 17.8. The standard InChI is InChI=1S/C20H25ClN4O2S/c1-13-4-3-5-14(15(13)21)28-16-17(22)23-19(24(2)18(16)26)25-9-6-20(7-10-25)8-11-27-12-20/h3-5H,6-12,22H2,1-2H3. The van der Waals surface area contributed by atoms with Gasteiger partial charge in [-0.25, -0.2) is 0 Å². The molecule has 0 bridgehead atoms. The number of hydrogen-bond acceptors (Lipinski definition) is 6. The van der Waals surface area contributed by atoms with E-state index in [1.165, 1.54) is 11.8 Å². The molecule has 2 aromatic rings. The molecule has 4 rings (SSSR count). The Hall–Kier alpha value is -1.70. The Morgan fingerprint density at radius 1 is 1.29 bits per heavy atom. The first-order chi connectivity index (χ1) is 13.4. The van der Waals surface area contributed by atoms with Gasteiger partial charge < -0.3 is 15.4 Å². The molecule has 28 heavy (non-hydrogen) atoms. The molecule has 2 saturated heterocycles. The van der Waals surface area contributed by atoms with Gasteiger partial charge in [-0.1, -0.05) is 35.5 Å². The van der Waals surface area contributed by atoms with E-state index in [0.717, 1.165) is 56.0 Å². The van der Waals surface area contributed by atoms with Crippen LogP contribution in [0, 0.1) is 12.3 Å². The molecule has 2 aliphatic rings. The average Bonchev–Trinajstić information content (AvgIpc) is 3.14. The van der Waals surface area contributed by atoms with Crippen molar-refractivity contribution in [2.45, 2.75) is 36.0 Å². The fraction of sp³-hybridized carbons (Fsp3) is 0.500. The number of aryl methyl sites for hydroxylation is 1. The number of nitrogens with zero attached hydrogens (tertiary/aromatic N) is 3. The molecule has 6 nitrogen and oxygen atoms in total. The summed E-state index contributed by atoms with van der Waals surface area (Å²) in [4.78, 5) is 21.0. The average molecular weight is 421 g/mol. The van der Waals surface area contributed by atoms with Crippen molar-refractivity contribution < 1.29 is 4.74 Å². The third-order valence-electron chi connectivity index (χ3n) is 5.91. The molecule has 0 amide bonds. The summed E-state index contributed by atoms with van der Waals surface area (Å²) in [5, 5.41) is 0.637. The van der Waals surface area contributed by atoms with E-state index in [-0.39, 0.29) is 11.4 Å². The Morgan fingerprint density at radius 3 is 2.71 bits per heavy atom. The highest BCUT2D eigenvalue weighted by atomic mass is 35.5. The number of nitrogens with two attached hydrogens (primary N) is 1. The van der Waals surface area contributed by atoms with E-state index >= 15 is 0 Å². The summed E-state index contributed by atoms with van der Waals surface area (Å²) < 4.78 is 7.21. The molecule has 0 aliphatic carbocycles. The molecule has 150 valence electrons. The van der Waals surface area contributed by atoms with E-state index in [1.54, 1.807) is 11.6 Å². The van der Waals surface area contributed by atoms with Gasteiger partial charge in [0.25, 0.3) is 5.56 Å². The highest BCUT2D eigenvalue weighted by Crippen LogP contribution is 2.40. The maximum atomic E-state index is 13.0. The molecule has 0 atom stereocenters. The van der Waals surface area contributed by atoms with Crippen molar-refractivity contribution >= 4 is 35.1 Å². The molecule has 2 N–H and O–H groups in total. The molecule has 8 heteroatoms. The van der Waals surface area contributed by atoms with Gasteiger partial charge in [0.05, 0.1) is 11.6 Å². The topological polar surface area (TPSA) is 73.4 Å². The van der Waals surface area contributed by atoms with Crippen LogP contribution in [-0.2, 0) is 11.8 Å². The lowest BCUT2D eigenvalue weighted by atomic mass is 9.78. The fourth-order valence-electron chi connectivity index (χ4n) is 4.00. The van der Waals surface area contributed by atoms with Gasteiger partial charge in [0.2, 0.25) is 5.95 Å². The van der Waals surface area contributed by atoms with Crippen molar-refractivity contribution in [1.82, 2.24) is 9.55 Å². The highest BCUT2D eigenvalue weighted by molar-refractivity contribution is 7.99. The van der Waals surface area contributed by atoms with E-state index in [0.29, 0.717) is 21.3 Å². The van der Waals surface area contributed by atoms with E-state index in [2.05, 4.69) is 9.88 Å². The van der Waals surface area contributed by atoms with Crippen LogP contribution in [0.15, 0.2) is 32.8 Å². The number of halogens is 1. The molecule has 2 fully saturated rings. The van der Waals surface area contributed by atoms with Crippen molar-refractivity contribution in [3.63, 3.8) is 0 Å². The molecule has 0 saturated carbocycles. The Balaban J connectivity index is 1.60. The van der Waals surface area contributed by atoms with Crippen molar-refractivity contribution in [3.05, 3.63) is 39.1 Å². The molecule has 1 aromatic carbocycles. The lowest BCUT2D eigenvalue weighted by Gasteiger charge is -2.39. The number of piperidine rings is 1. The van der Waals surface area contributed by atoms with E-state index in [9.17, 15) is 4.79 Å². The Bertz CT molecular complexity index is 946. The predicted octanol–water partition coefficient (Wildman–Crippen LogP) is 3.48. The van der Waals surface area contributed by atoms with Gasteiger partial charge >= 0.3 is 0 Å². The maximum Gasteiger partial charge on any atom is 0.270 e.